The van der Waals surface area contributed by atoms with Gasteiger partial charge in [0.25, 0.3) is 5.91 Å². The highest BCUT2D eigenvalue weighted by Crippen LogP contribution is 2.29. The third-order valence-electron chi connectivity index (χ3n) is 4.15. The van der Waals surface area contributed by atoms with E-state index < -0.39 is 28.6 Å². The lowest BCUT2D eigenvalue weighted by atomic mass is 10.3. The van der Waals surface area contributed by atoms with Crippen molar-refractivity contribution in [3.63, 3.8) is 0 Å². The molecular formula is C17H24N2O7S. The average Bonchev–Trinajstić information content (AvgIpc) is 3.19. The van der Waals surface area contributed by atoms with E-state index in [1.807, 2.05) is 0 Å². The molecule has 0 unspecified atom stereocenters. The van der Waals surface area contributed by atoms with Crippen LogP contribution in [0, 0.1) is 0 Å². The zero-order valence-corrected chi connectivity index (χ0v) is 16.4. The molecule has 0 radical (unpaired) electrons. The minimum absolute atomic E-state index is 0.0888. The van der Waals surface area contributed by atoms with Crippen molar-refractivity contribution in [1.82, 2.24) is 9.62 Å². The first-order valence-electron chi connectivity index (χ1n) is 8.48. The molecule has 1 fully saturated rings. The second-order valence-electron chi connectivity index (χ2n) is 6.01. The van der Waals surface area contributed by atoms with Crippen molar-refractivity contribution in [1.29, 1.82) is 0 Å². The maximum Gasteiger partial charge on any atom is 0.321 e. The molecule has 2 rings (SSSR count). The van der Waals surface area contributed by atoms with Crippen LogP contribution in [-0.4, -0.2) is 65.2 Å². The van der Waals surface area contributed by atoms with E-state index >= 15 is 0 Å². The summed E-state index contributed by atoms with van der Waals surface area (Å²) in [4.78, 5) is 25.6. The van der Waals surface area contributed by atoms with Crippen LogP contribution in [0.15, 0.2) is 23.1 Å². The summed E-state index contributed by atoms with van der Waals surface area (Å²) in [6.45, 7) is 2.18. The third-order valence-corrected chi connectivity index (χ3v) is 5.54. The number of ether oxygens (including phenoxy) is 3. The summed E-state index contributed by atoms with van der Waals surface area (Å²) in [6, 6.07) is 4.06. The number of amides is 1. The van der Waals surface area contributed by atoms with E-state index in [2.05, 4.69) is 4.72 Å². The molecule has 0 saturated carbocycles. The number of carbonyl (C=O) groups is 2. The van der Waals surface area contributed by atoms with E-state index in [0.29, 0.717) is 18.8 Å². The molecule has 1 aromatic carbocycles. The fourth-order valence-corrected chi connectivity index (χ4v) is 3.69. The highest BCUT2D eigenvalue weighted by atomic mass is 32.2. The van der Waals surface area contributed by atoms with Crippen LogP contribution in [-0.2, 0) is 24.3 Å². The van der Waals surface area contributed by atoms with Crippen molar-refractivity contribution in [2.75, 3.05) is 33.9 Å². The molecule has 0 aromatic heterocycles. The zero-order valence-electron chi connectivity index (χ0n) is 15.6. The lowest BCUT2D eigenvalue weighted by molar-refractivity contribution is -0.157. The number of carbonyl (C=O) groups excluding carboxylic acids is 2. The van der Waals surface area contributed by atoms with Gasteiger partial charge in [0.1, 0.15) is 6.54 Å². The first kappa shape index (κ1) is 21.0. The van der Waals surface area contributed by atoms with Crippen molar-refractivity contribution >= 4 is 21.9 Å². The largest absolute Gasteiger partial charge is 0.493 e. The van der Waals surface area contributed by atoms with E-state index in [1.54, 1.807) is 4.90 Å². The smallest absolute Gasteiger partial charge is 0.321 e. The van der Waals surface area contributed by atoms with Gasteiger partial charge in [-0.3, -0.25) is 9.59 Å². The van der Waals surface area contributed by atoms with E-state index in [1.165, 1.54) is 39.3 Å². The number of sulfonamides is 1. The van der Waals surface area contributed by atoms with Gasteiger partial charge in [-0.1, -0.05) is 0 Å². The second kappa shape index (κ2) is 9.05. The van der Waals surface area contributed by atoms with E-state index in [4.69, 9.17) is 14.2 Å². The standard InChI is InChI=1S/C17H24N2O7S/c1-12(17(21)19-8-4-5-9-19)26-16(20)11-18-27(22,23)13-6-7-14(24-2)15(10-13)25-3/h6-7,10,12,18H,4-5,8-9,11H2,1-3H3/t12-/m0/s1. The number of hydrogen-bond acceptors (Lipinski definition) is 7. The van der Waals surface area contributed by atoms with Crippen LogP contribution in [0.25, 0.3) is 0 Å². The van der Waals surface area contributed by atoms with Gasteiger partial charge >= 0.3 is 5.97 Å². The van der Waals surface area contributed by atoms with Gasteiger partial charge in [-0.05, 0) is 31.9 Å². The molecule has 9 nitrogen and oxygen atoms in total. The fourth-order valence-electron chi connectivity index (χ4n) is 2.70. The number of methoxy groups -OCH3 is 2. The molecule has 10 heteroatoms. The molecule has 0 bridgehead atoms. The molecular weight excluding hydrogens is 376 g/mol. The average molecular weight is 400 g/mol. The van der Waals surface area contributed by atoms with Crippen LogP contribution < -0.4 is 14.2 Å². The van der Waals surface area contributed by atoms with Gasteiger partial charge in [0.2, 0.25) is 10.0 Å². The van der Waals surface area contributed by atoms with Crippen molar-refractivity contribution in [2.24, 2.45) is 0 Å². The number of nitrogens with zero attached hydrogens (tertiary/aromatic N) is 1. The Morgan fingerprint density at radius 3 is 2.37 bits per heavy atom. The summed E-state index contributed by atoms with van der Waals surface area (Å²) in [5.74, 6) is -0.486. The Balaban J connectivity index is 1.94. The number of esters is 1. The molecule has 1 amide bonds. The Bertz CT molecular complexity index is 788. The van der Waals surface area contributed by atoms with Crippen LogP contribution in [0.5, 0.6) is 11.5 Å². The van der Waals surface area contributed by atoms with Crippen molar-refractivity contribution in [3.8, 4) is 11.5 Å². The maximum atomic E-state index is 12.3. The predicted molar refractivity (Wildman–Crippen MR) is 96.1 cm³/mol. The number of likely N-dealkylation sites (tertiary alicyclic amines) is 1. The van der Waals surface area contributed by atoms with E-state index in [-0.39, 0.29) is 16.6 Å². The lowest BCUT2D eigenvalue weighted by Crippen LogP contribution is -2.40. The van der Waals surface area contributed by atoms with E-state index in [0.717, 1.165) is 12.8 Å². The van der Waals surface area contributed by atoms with E-state index in [9.17, 15) is 18.0 Å². The minimum atomic E-state index is -3.97. The summed E-state index contributed by atoms with van der Waals surface area (Å²) in [6.07, 6.45) is 0.899. The highest BCUT2D eigenvalue weighted by molar-refractivity contribution is 7.89. The molecule has 27 heavy (non-hydrogen) atoms. The number of benzene rings is 1. The molecule has 1 aliphatic rings. The molecule has 0 aliphatic carbocycles. The number of nitrogens with one attached hydrogen (secondary N) is 1. The van der Waals surface area contributed by atoms with Crippen molar-refractivity contribution in [3.05, 3.63) is 18.2 Å². The second-order valence-corrected chi connectivity index (χ2v) is 7.77. The Morgan fingerprint density at radius 1 is 1.15 bits per heavy atom. The monoisotopic (exact) mass is 400 g/mol. The first-order chi connectivity index (χ1) is 12.8. The fraction of sp³-hybridized carbons (Fsp3) is 0.529. The van der Waals surface area contributed by atoms with Gasteiger partial charge in [-0.2, -0.15) is 4.72 Å². The Hall–Kier alpha value is -2.33. The van der Waals surface area contributed by atoms with Crippen molar-refractivity contribution in [2.45, 2.75) is 30.8 Å². The summed E-state index contributed by atoms with van der Waals surface area (Å²) in [5.41, 5.74) is 0. The summed E-state index contributed by atoms with van der Waals surface area (Å²) in [5, 5.41) is 0. The van der Waals surface area contributed by atoms with Gasteiger partial charge in [0.05, 0.1) is 19.1 Å². The van der Waals surface area contributed by atoms with Gasteiger partial charge in [-0.25, -0.2) is 8.42 Å². The van der Waals surface area contributed by atoms with Crippen LogP contribution in [0.3, 0.4) is 0 Å². The topological polar surface area (TPSA) is 111 Å². The van der Waals surface area contributed by atoms with Gasteiger partial charge in [-0.15, -0.1) is 0 Å². The molecule has 1 saturated heterocycles. The molecule has 150 valence electrons. The quantitative estimate of drug-likeness (QED) is 0.634. The Morgan fingerprint density at radius 2 is 1.78 bits per heavy atom. The molecule has 1 heterocycles. The molecule has 1 aliphatic heterocycles. The summed E-state index contributed by atoms with van der Waals surface area (Å²) >= 11 is 0. The SMILES string of the molecule is COc1ccc(S(=O)(=O)NCC(=O)O[C@@H](C)C(=O)N2CCCC2)cc1OC. The number of hydrogen-bond donors (Lipinski definition) is 1. The first-order valence-corrected chi connectivity index (χ1v) is 9.96. The minimum Gasteiger partial charge on any atom is -0.493 e. The predicted octanol–water partition coefficient (Wildman–Crippen LogP) is 0.536. The normalized spacial score (nSPS) is 15.3. The third kappa shape index (κ3) is 5.33. The van der Waals surface area contributed by atoms with Crippen LogP contribution >= 0.6 is 0 Å². The summed E-state index contributed by atoms with van der Waals surface area (Å²) in [7, 11) is -1.14. The van der Waals surface area contributed by atoms with Gasteiger partial charge < -0.3 is 19.1 Å². The molecule has 1 atom stereocenters. The lowest BCUT2D eigenvalue weighted by Gasteiger charge is -2.20. The zero-order chi connectivity index (χ0) is 20.0. The highest BCUT2D eigenvalue weighted by Gasteiger charge is 2.26. The maximum absolute atomic E-state index is 12.3. The van der Waals surface area contributed by atoms with Gasteiger partial charge in [0, 0.05) is 19.2 Å². The van der Waals surface area contributed by atoms with Crippen LogP contribution in [0.4, 0.5) is 0 Å². The molecule has 0 spiro atoms. The van der Waals surface area contributed by atoms with Crippen molar-refractivity contribution < 1.29 is 32.2 Å². The van der Waals surface area contributed by atoms with Crippen LogP contribution in [0.2, 0.25) is 0 Å². The molecule has 1 N–H and O–H groups in total. The van der Waals surface area contributed by atoms with Crippen LogP contribution in [0.1, 0.15) is 19.8 Å². The molecule has 1 aromatic rings. The number of rotatable bonds is 8. The Kier molecular flexibility index (Phi) is 7.03. The van der Waals surface area contributed by atoms with Gasteiger partial charge in [0.15, 0.2) is 17.6 Å². The Labute approximate surface area is 158 Å². The summed E-state index contributed by atoms with van der Waals surface area (Å²) < 4.78 is 42.0.